The van der Waals surface area contributed by atoms with E-state index >= 15 is 0 Å². The second-order valence-electron chi connectivity index (χ2n) is 7.11. The highest BCUT2D eigenvalue weighted by molar-refractivity contribution is 6.11. The molecule has 0 radical (unpaired) electrons. The van der Waals surface area contributed by atoms with Crippen molar-refractivity contribution in [1.29, 1.82) is 0 Å². The predicted octanol–water partition coefficient (Wildman–Crippen LogP) is 6.28. The molecule has 1 heteroatoms. The molecule has 0 N–H and O–H groups in total. The number of ketones is 1. The van der Waals surface area contributed by atoms with Crippen molar-refractivity contribution in [2.75, 3.05) is 0 Å². The highest BCUT2D eigenvalue weighted by Crippen LogP contribution is 2.24. The van der Waals surface area contributed by atoms with E-state index < -0.39 is 0 Å². The summed E-state index contributed by atoms with van der Waals surface area (Å²) in [6.07, 6.45) is 0.748. The summed E-state index contributed by atoms with van der Waals surface area (Å²) in [6, 6.07) is 28.9. The molecule has 4 aromatic carbocycles. The number of hydrogen-bond acceptors (Lipinski definition) is 1. The van der Waals surface area contributed by atoms with Crippen molar-refractivity contribution < 1.29 is 4.79 Å². The van der Waals surface area contributed by atoms with Crippen molar-refractivity contribution >= 4 is 16.6 Å². The van der Waals surface area contributed by atoms with Crippen LogP contribution in [0.25, 0.3) is 10.8 Å². The van der Waals surface area contributed by atoms with Gasteiger partial charge in [-0.25, -0.2) is 0 Å². The normalized spacial score (nSPS) is 10.9. The van der Waals surface area contributed by atoms with E-state index in [-0.39, 0.29) is 5.78 Å². The first-order valence-electron chi connectivity index (χ1n) is 9.30. The van der Waals surface area contributed by atoms with E-state index in [4.69, 9.17) is 0 Å². The van der Waals surface area contributed by atoms with E-state index in [0.29, 0.717) is 0 Å². The number of carbonyl (C=O) groups excluding carboxylic acids is 1. The summed E-state index contributed by atoms with van der Waals surface area (Å²) < 4.78 is 0. The fourth-order valence-corrected chi connectivity index (χ4v) is 3.77. The van der Waals surface area contributed by atoms with Gasteiger partial charge in [0, 0.05) is 11.1 Å². The molecule has 0 atom stereocenters. The lowest BCUT2D eigenvalue weighted by atomic mass is 9.90. The Hall–Kier alpha value is -3.19. The van der Waals surface area contributed by atoms with Crippen LogP contribution in [0.2, 0.25) is 0 Å². The second-order valence-corrected chi connectivity index (χ2v) is 7.11. The molecule has 0 amide bonds. The van der Waals surface area contributed by atoms with Crippen LogP contribution < -0.4 is 0 Å². The number of aryl methyl sites for hydroxylation is 2. The summed E-state index contributed by atoms with van der Waals surface area (Å²) in [5, 5.41) is 2.47. The molecule has 0 aliphatic heterocycles. The molecule has 0 saturated carbocycles. The van der Waals surface area contributed by atoms with E-state index in [1.54, 1.807) is 0 Å². The van der Waals surface area contributed by atoms with E-state index in [2.05, 4.69) is 48.5 Å². The number of hydrogen-bond donors (Lipinski definition) is 0. The van der Waals surface area contributed by atoms with Crippen molar-refractivity contribution in [3.8, 4) is 0 Å². The van der Waals surface area contributed by atoms with Gasteiger partial charge in [-0.15, -0.1) is 0 Å². The highest BCUT2D eigenvalue weighted by atomic mass is 16.1. The number of benzene rings is 4. The summed E-state index contributed by atoms with van der Waals surface area (Å²) in [4.78, 5) is 13.3. The zero-order valence-electron chi connectivity index (χ0n) is 15.7. The van der Waals surface area contributed by atoms with Crippen LogP contribution in [0.1, 0.15) is 38.2 Å². The number of carbonyl (C=O) groups is 1. The van der Waals surface area contributed by atoms with Crippen molar-refractivity contribution in [2.24, 2.45) is 0 Å². The summed E-state index contributed by atoms with van der Waals surface area (Å²) in [5.74, 6) is 0.113. The number of fused-ring (bicyclic) bond motifs is 1. The van der Waals surface area contributed by atoms with Gasteiger partial charge in [0.2, 0.25) is 0 Å². The minimum absolute atomic E-state index is 0.113. The molecule has 0 spiro atoms. The van der Waals surface area contributed by atoms with Gasteiger partial charge in [-0.1, -0.05) is 84.9 Å². The monoisotopic (exact) mass is 350 g/mol. The SMILES string of the molecule is Cc1cccc(C)c1C(=O)c1ccccc1Cc1ccc2ccccc2c1. The Balaban J connectivity index is 1.73. The van der Waals surface area contributed by atoms with Crippen LogP contribution in [0, 0.1) is 13.8 Å². The first-order chi connectivity index (χ1) is 13.1. The zero-order valence-corrected chi connectivity index (χ0v) is 15.7. The minimum atomic E-state index is 0.113. The molecule has 0 aliphatic rings. The summed E-state index contributed by atoms with van der Waals surface area (Å²) in [5.41, 5.74) is 5.96. The Morgan fingerprint density at radius 3 is 2.15 bits per heavy atom. The number of rotatable bonds is 4. The Morgan fingerprint density at radius 2 is 1.37 bits per heavy atom. The molecule has 0 bridgehead atoms. The summed E-state index contributed by atoms with van der Waals surface area (Å²) in [7, 11) is 0. The van der Waals surface area contributed by atoms with Gasteiger partial charge < -0.3 is 0 Å². The molecule has 0 aliphatic carbocycles. The highest BCUT2D eigenvalue weighted by Gasteiger charge is 2.17. The van der Waals surface area contributed by atoms with Gasteiger partial charge in [-0.2, -0.15) is 0 Å². The van der Waals surface area contributed by atoms with E-state index in [1.807, 2.05) is 50.2 Å². The smallest absolute Gasteiger partial charge is 0.193 e. The van der Waals surface area contributed by atoms with Gasteiger partial charge in [0.05, 0.1) is 0 Å². The van der Waals surface area contributed by atoms with Crippen LogP contribution in [-0.4, -0.2) is 5.78 Å². The largest absolute Gasteiger partial charge is 0.289 e. The Bertz CT molecular complexity index is 1120. The van der Waals surface area contributed by atoms with Crippen LogP contribution in [0.3, 0.4) is 0 Å². The first-order valence-corrected chi connectivity index (χ1v) is 9.30. The first kappa shape index (κ1) is 17.2. The average Bonchev–Trinajstić information content (AvgIpc) is 2.68. The molecule has 27 heavy (non-hydrogen) atoms. The molecular formula is C26H22O. The lowest BCUT2D eigenvalue weighted by Gasteiger charge is -2.13. The van der Waals surface area contributed by atoms with Gasteiger partial charge in [0.1, 0.15) is 0 Å². The van der Waals surface area contributed by atoms with Crippen LogP contribution in [0.15, 0.2) is 84.9 Å². The maximum Gasteiger partial charge on any atom is 0.193 e. The Kier molecular flexibility index (Phi) is 4.60. The molecule has 0 aromatic heterocycles. The molecule has 0 unspecified atom stereocenters. The summed E-state index contributed by atoms with van der Waals surface area (Å²) >= 11 is 0. The molecule has 132 valence electrons. The molecule has 4 aromatic rings. The van der Waals surface area contributed by atoms with Gasteiger partial charge >= 0.3 is 0 Å². The lowest BCUT2D eigenvalue weighted by molar-refractivity contribution is 0.103. The standard InChI is InChI=1S/C26H22O/c1-18-8-7-9-19(2)25(18)26(27)24-13-6-5-12-23(24)17-20-14-15-21-10-3-4-11-22(21)16-20/h3-16H,17H2,1-2H3. The second kappa shape index (κ2) is 7.20. The molecule has 1 nitrogen and oxygen atoms in total. The van der Waals surface area contributed by atoms with Crippen molar-refractivity contribution in [3.63, 3.8) is 0 Å². The van der Waals surface area contributed by atoms with Gasteiger partial charge in [0.25, 0.3) is 0 Å². The molecule has 0 saturated heterocycles. The third-order valence-corrected chi connectivity index (χ3v) is 5.18. The van der Waals surface area contributed by atoms with E-state index in [9.17, 15) is 4.79 Å². The molecular weight excluding hydrogens is 328 g/mol. The predicted molar refractivity (Wildman–Crippen MR) is 113 cm³/mol. The molecule has 0 heterocycles. The van der Waals surface area contributed by atoms with Crippen molar-refractivity contribution in [1.82, 2.24) is 0 Å². The zero-order chi connectivity index (χ0) is 18.8. The van der Waals surface area contributed by atoms with E-state index in [1.165, 1.54) is 16.3 Å². The average molecular weight is 350 g/mol. The van der Waals surface area contributed by atoms with Crippen molar-refractivity contribution in [2.45, 2.75) is 20.3 Å². The topological polar surface area (TPSA) is 17.1 Å². The lowest BCUT2D eigenvalue weighted by Crippen LogP contribution is -2.09. The van der Waals surface area contributed by atoms with Crippen LogP contribution >= 0.6 is 0 Å². The maximum atomic E-state index is 13.3. The summed E-state index contributed by atoms with van der Waals surface area (Å²) in [6.45, 7) is 4.01. The van der Waals surface area contributed by atoms with Crippen LogP contribution in [0.5, 0.6) is 0 Å². The Morgan fingerprint density at radius 1 is 0.704 bits per heavy atom. The van der Waals surface area contributed by atoms with Gasteiger partial charge in [-0.3, -0.25) is 4.79 Å². The van der Waals surface area contributed by atoms with Crippen LogP contribution in [0.4, 0.5) is 0 Å². The van der Waals surface area contributed by atoms with Gasteiger partial charge in [-0.05, 0) is 53.3 Å². The molecule has 0 fully saturated rings. The van der Waals surface area contributed by atoms with E-state index in [0.717, 1.165) is 34.2 Å². The fraction of sp³-hybridized carbons (Fsp3) is 0.115. The fourth-order valence-electron chi connectivity index (χ4n) is 3.77. The third-order valence-electron chi connectivity index (χ3n) is 5.18. The molecule has 4 rings (SSSR count). The Labute approximate surface area is 160 Å². The van der Waals surface area contributed by atoms with Crippen molar-refractivity contribution in [3.05, 3.63) is 118 Å². The third kappa shape index (κ3) is 3.41. The van der Waals surface area contributed by atoms with Crippen LogP contribution in [-0.2, 0) is 6.42 Å². The quantitative estimate of drug-likeness (QED) is 0.396. The maximum absolute atomic E-state index is 13.3. The minimum Gasteiger partial charge on any atom is -0.289 e. The van der Waals surface area contributed by atoms with Gasteiger partial charge in [0.15, 0.2) is 5.78 Å².